The number of rotatable bonds is 5. The third kappa shape index (κ3) is 3.96. The fourth-order valence-corrected chi connectivity index (χ4v) is 3.48. The van der Waals surface area contributed by atoms with Crippen LogP contribution in [0.2, 0.25) is 0 Å². The van der Waals surface area contributed by atoms with Crippen LogP contribution in [0.4, 0.5) is 0 Å². The molecule has 1 saturated heterocycles. The third-order valence-corrected chi connectivity index (χ3v) is 4.72. The predicted octanol–water partition coefficient (Wildman–Crippen LogP) is 3.07. The lowest BCUT2D eigenvalue weighted by Gasteiger charge is -2.30. The van der Waals surface area contributed by atoms with Gasteiger partial charge in [-0.2, -0.15) is 10.1 Å². The van der Waals surface area contributed by atoms with Gasteiger partial charge in [0.15, 0.2) is 5.82 Å². The number of aryl methyl sites for hydroxylation is 1. The minimum atomic E-state index is 0.477. The lowest BCUT2D eigenvalue weighted by Crippen LogP contribution is -2.34. The van der Waals surface area contributed by atoms with E-state index >= 15 is 0 Å². The van der Waals surface area contributed by atoms with Crippen LogP contribution in [0.1, 0.15) is 47.4 Å². The number of hydrogen-bond acceptors (Lipinski definition) is 5. The monoisotopic (exact) mass is 337 g/mol. The molecule has 3 aromatic rings. The van der Waals surface area contributed by atoms with Crippen LogP contribution >= 0.6 is 0 Å². The smallest absolute Gasteiger partial charge is 0.240 e. The van der Waals surface area contributed by atoms with Crippen molar-refractivity contribution in [2.45, 2.75) is 38.6 Å². The molecule has 1 aliphatic heterocycles. The van der Waals surface area contributed by atoms with E-state index in [1.807, 2.05) is 25.1 Å². The Morgan fingerprint density at radius 2 is 2.16 bits per heavy atom. The van der Waals surface area contributed by atoms with E-state index < -0.39 is 0 Å². The van der Waals surface area contributed by atoms with E-state index in [9.17, 15) is 0 Å². The molecule has 0 spiro atoms. The highest BCUT2D eigenvalue weighted by molar-refractivity contribution is 5.18. The molecule has 1 atom stereocenters. The van der Waals surface area contributed by atoms with Crippen LogP contribution in [0.15, 0.2) is 40.9 Å². The molecule has 2 aromatic heterocycles. The summed E-state index contributed by atoms with van der Waals surface area (Å²) in [6, 6.07) is 12.4. The van der Waals surface area contributed by atoms with E-state index in [1.165, 1.54) is 18.4 Å². The minimum Gasteiger partial charge on any atom is -0.338 e. The molecule has 0 amide bonds. The SMILES string of the molecule is Cc1cc(C2CCCN(Cc3nc(Cc4ccccc4)no3)C2)n[nH]1. The molecule has 1 unspecified atom stereocenters. The summed E-state index contributed by atoms with van der Waals surface area (Å²) < 4.78 is 5.46. The molecule has 3 heterocycles. The molecule has 1 aliphatic rings. The van der Waals surface area contributed by atoms with Gasteiger partial charge in [0.05, 0.1) is 12.2 Å². The Balaban J connectivity index is 1.37. The van der Waals surface area contributed by atoms with Crippen LogP contribution in [0.5, 0.6) is 0 Å². The molecule has 130 valence electrons. The first-order valence-corrected chi connectivity index (χ1v) is 8.86. The molecule has 0 aliphatic carbocycles. The largest absolute Gasteiger partial charge is 0.338 e. The molecule has 6 heteroatoms. The highest BCUT2D eigenvalue weighted by atomic mass is 16.5. The number of aromatic nitrogens is 4. The van der Waals surface area contributed by atoms with Crippen molar-refractivity contribution in [3.63, 3.8) is 0 Å². The average molecular weight is 337 g/mol. The lowest BCUT2D eigenvalue weighted by molar-refractivity contribution is 0.175. The van der Waals surface area contributed by atoms with Gasteiger partial charge in [-0.25, -0.2) is 0 Å². The van der Waals surface area contributed by atoms with Crippen LogP contribution in [-0.2, 0) is 13.0 Å². The van der Waals surface area contributed by atoms with Crippen molar-refractivity contribution in [1.82, 2.24) is 25.2 Å². The first kappa shape index (κ1) is 16.0. The van der Waals surface area contributed by atoms with Gasteiger partial charge < -0.3 is 4.52 Å². The van der Waals surface area contributed by atoms with Crippen LogP contribution in [-0.4, -0.2) is 38.3 Å². The zero-order chi connectivity index (χ0) is 17.1. The summed E-state index contributed by atoms with van der Waals surface area (Å²) in [5.74, 6) is 1.92. The molecule has 1 aromatic carbocycles. The summed E-state index contributed by atoms with van der Waals surface area (Å²) >= 11 is 0. The van der Waals surface area contributed by atoms with Gasteiger partial charge in [0.2, 0.25) is 5.89 Å². The van der Waals surface area contributed by atoms with E-state index in [1.54, 1.807) is 0 Å². The number of hydrogen-bond donors (Lipinski definition) is 1. The molecule has 4 rings (SSSR count). The van der Waals surface area contributed by atoms with E-state index in [4.69, 9.17) is 4.52 Å². The lowest BCUT2D eigenvalue weighted by atomic mass is 9.95. The Bertz CT molecular complexity index is 810. The van der Waals surface area contributed by atoms with Gasteiger partial charge >= 0.3 is 0 Å². The summed E-state index contributed by atoms with van der Waals surface area (Å²) in [6.07, 6.45) is 3.06. The van der Waals surface area contributed by atoms with Gasteiger partial charge in [-0.3, -0.25) is 10.00 Å². The van der Waals surface area contributed by atoms with Crippen molar-refractivity contribution >= 4 is 0 Å². The number of piperidine rings is 1. The average Bonchev–Trinajstić information content (AvgIpc) is 3.25. The van der Waals surface area contributed by atoms with Gasteiger partial charge in [-0.1, -0.05) is 35.5 Å². The topological polar surface area (TPSA) is 70.8 Å². The highest BCUT2D eigenvalue weighted by Gasteiger charge is 2.24. The summed E-state index contributed by atoms with van der Waals surface area (Å²) in [4.78, 5) is 6.95. The second kappa shape index (κ2) is 7.19. The molecular weight excluding hydrogens is 314 g/mol. The first-order valence-electron chi connectivity index (χ1n) is 8.86. The normalized spacial score (nSPS) is 18.5. The highest BCUT2D eigenvalue weighted by Crippen LogP contribution is 2.26. The molecule has 6 nitrogen and oxygen atoms in total. The van der Waals surface area contributed by atoms with Gasteiger partial charge in [-0.05, 0) is 37.9 Å². The zero-order valence-corrected chi connectivity index (χ0v) is 14.5. The summed E-state index contributed by atoms with van der Waals surface area (Å²) in [5.41, 5.74) is 3.48. The van der Waals surface area contributed by atoms with E-state index in [0.29, 0.717) is 24.8 Å². The van der Waals surface area contributed by atoms with Crippen LogP contribution < -0.4 is 0 Å². The Kier molecular flexibility index (Phi) is 4.61. The fraction of sp³-hybridized carbons (Fsp3) is 0.421. The van der Waals surface area contributed by atoms with Crippen LogP contribution in [0.25, 0.3) is 0 Å². The summed E-state index contributed by atoms with van der Waals surface area (Å²) in [5, 5.41) is 11.6. The number of likely N-dealkylation sites (tertiary alicyclic amines) is 1. The van der Waals surface area contributed by atoms with E-state index in [0.717, 1.165) is 30.3 Å². The Labute approximate surface area is 147 Å². The second-order valence-electron chi connectivity index (χ2n) is 6.82. The number of nitrogens with one attached hydrogen (secondary N) is 1. The van der Waals surface area contributed by atoms with E-state index in [-0.39, 0.29) is 0 Å². The molecular formula is C19H23N5O. The van der Waals surface area contributed by atoms with Crippen molar-refractivity contribution in [2.75, 3.05) is 13.1 Å². The van der Waals surface area contributed by atoms with Gasteiger partial charge in [0.25, 0.3) is 0 Å². The number of benzene rings is 1. The van der Waals surface area contributed by atoms with Crippen molar-refractivity contribution < 1.29 is 4.52 Å². The van der Waals surface area contributed by atoms with Crippen molar-refractivity contribution in [3.8, 4) is 0 Å². The maximum Gasteiger partial charge on any atom is 0.240 e. The number of aromatic amines is 1. The molecule has 0 saturated carbocycles. The van der Waals surface area contributed by atoms with Crippen LogP contribution in [0, 0.1) is 6.92 Å². The molecule has 0 bridgehead atoms. The van der Waals surface area contributed by atoms with Crippen molar-refractivity contribution in [1.29, 1.82) is 0 Å². The maximum absolute atomic E-state index is 5.46. The zero-order valence-electron chi connectivity index (χ0n) is 14.5. The standard InChI is InChI=1S/C19H23N5O/c1-14-10-17(22-21-14)16-8-5-9-24(12-16)13-19-20-18(23-25-19)11-15-6-3-2-4-7-15/h2-4,6-7,10,16H,5,8-9,11-13H2,1H3,(H,21,22). The molecule has 1 N–H and O–H groups in total. The second-order valence-corrected chi connectivity index (χ2v) is 6.82. The van der Waals surface area contributed by atoms with Crippen molar-refractivity contribution in [2.24, 2.45) is 0 Å². The Morgan fingerprint density at radius 1 is 1.28 bits per heavy atom. The molecule has 25 heavy (non-hydrogen) atoms. The fourth-order valence-electron chi connectivity index (χ4n) is 3.48. The summed E-state index contributed by atoms with van der Waals surface area (Å²) in [7, 11) is 0. The number of H-pyrrole nitrogens is 1. The quantitative estimate of drug-likeness (QED) is 0.775. The Morgan fingerprint density at radius 3 is 2.96 bits per heavy atom. The van der Waals surface area contributed by atoms with Gasteiger partial charge in [0, 0.05) is 24.6 Å². The minimum absolute atomic E-state index is 0.477. The maximum atomic E-state index is 5.46. The van der Waals surface area contributed by atoms with Gasteiger partial charge in [0.1, 0.15) is 0 Å². The summed E-state index contributed by atoms with van der Waals surface area (Å²) in [6.45, 7) is 4.81. The van der Waals surface area contributed by atoms with E-state index in [2.05, 4.69) is 43.4 Å². The van der Waals surface area contributed by atoms with Crippen molar-refractivity contribution in [3.05, 3.63) is 65.1 Å². The van der Waals surface area contributed by atoms with Gasteiger partial charge in [-0.15, -0.1) is 0 Å². The van der Waals surface area contributed by atoms with Crippen LogP contribution in [0.3, 0.4) is 0 Å². The predicted molar refractivity (Wildman–Crippen MR) is 94.1 cm³/mol. The first-order chi connectivity index (χ1) is 12.3. The molecule has 0 radical (unpaired) electrons. The number of nitrogens with zero attached hydrogens (tertiary/aromatic N) is 4. The molecule has 1 fully saturated rings. The third-order valence-electron chi connectivity index (χ3n) is 4.72. The Hall–Kier alpha value is -2.47.